The molecule has 1 aliphatic rings. The summed E-state index contributed by atoms with van der Waals surface area (Å²) in [5.41, 5.74) is 5.40. The quantitative estimate of drug-likeness (QED) is 0.719. The van der Waals surface area contributed by atoms with Crippen LogP contribution < -0.4 is 5.73 Å². The molecule has 0 atom stereocenters. The minimum atomic E-state index is 0.258. The highest BCUT2D eigenvalue weighted by atomic mass is 16.5. The van der Waals surface area contributed by atoms with E-state index in [4.69, 9.17) is 10.3 Å². The number of nitrogen functional groups attached to an aromatic ring is 1. The SMILES string of the molecule is CC1CCC(c2nc(N)no2)CC1. The topological polar surface area (TPSA) is 64.9 Å². The van der Waals surface area contributed by atoms with Crippen molar-refractivity contribution in [3.63, 3.8) is 0 Å². The largest absolute Gasteiger partial charge is 0.365 e. The van der Waals surface area contributed by atoms with Crippen molar-refractivity contribution in [3.05, 3.63) is 5.89 Å². The second kappa shape index (κ2) is 3.36. The van der Waals surface area contributed by atoms with Crippen LogP contribution in [0.4, 0.5) is 5.95 Å². The monoisotopic (exact) mass is 181 g/mol. The maximum Gasteiger partial charge on any atom is 0.260 e. The van der Waals surface area contributed by atoms with Crippen LogP contribution in [-0.2, 0) is 0 Å². The molecule has 2 N–H and O–H groups in total. The molecule has 4 heteroatoms. The number of hydrogen-bond donors (Lipinski definition) is 1. The van der Waals surface area contributed by atoms with E-state index < -0.39 is 0 Å². The number of nitrogens with two attached hydrogens (primary N) is 1. The van der Waals surface area contributed by atoms with Gasteiger partial charge in [-0.05, 0) is 36.8 Å². The van der Waals surface area contributed by atoms with Gasteiger partial charge in [-0.2, -0.15) is 4.98 Å². The Kier molecular flexibility index (Phi) is 2.20. The molecule has 1 fully saturated rings. The molecule has 0 spiro atoms. The Morgan fingerprint density at radius 3 is 2.54 bits per heavy atom. The molecule has 0 bridgehead atoms. The van der Waals surface area contributed by atoms with Crippen molar-refractivity contribution in [2.24, 2.45) is 5.92 Å². The number of hydrogen-bond acceptors (Lipinski definition) is 4. The Hall–Kier alpha value is -1.06. The molecule has 0 amide bonds. The first-order chi connectivity index (χ1) is 6.25. The zero-order chi connectivity index (χ0) is 9.26. The van der Waals surface area contributed by atoms with Crippen LogP contribution in [0.25, 0.3) is 0 Å². The Labute approximate surface area is 77.5 Å². The number of anilines is 1. The van der Waals surface area contributed by atoms with Crippen molar-refractivity contribution in [2.45, 2.75) is 38.5 Å². The lowest BCUT2D eigenvalue weighted by Gasteiger charge is -2.22. The van der Waals surface area contributed by atoms with Gasteiger partial charge in [0.25, 0.3) is 5.95 Å². The predicted octanol–water partition coefficient (Wildman–Crippen LogP) is 1.95. The molecule has 0 aliphatic heterocycles. The maximum absolute atomic E-state index is 5.40. The molecule has 72 valence electrons. The average molecular weight is 181 g/mol. The van der Waals surface area contributed by atoms with E-state index in [2.05, 4.69) is 17.1 Å². The van der Waals surface area contributed by atoms with Crippen molar-refractivity contribution in [3.8, 4) is 0 Å². The third kappa shape index (κ3) is 1.82. The Balaban J connectivity index is 2.02. The highest BCUT2D eigenvalue weighted by Crippen LogP contribution is 2.34. The molecule has 0 radical (unpaired) electrons. The van der Waals surface area contributed by atoms with E-state index in [0.717, 1.165) is 24.7 Å². The van der Waals surface area contributed by atoms with Crippen LogP contribution in [-0.4, -0.2) is 10.1 Å². The smallest absolute Gasteiger partial charge is 0.260 e. The summed E-state index contributed by atoms with van der Waals surface area (Å²) in [6.07, 6.45) is 4.82. The summed E-state index contributed by atoms with van der Waals surface area (Å²) in [7, 11) is 0. The number of nitrogens with zero attached hydrogens (tertiary/aromatic N) is 2. The zero-order valence-corrected chi connectivity index (χ0v) is 7.86. The van der Waals surface area contributed by atoms with Gasteiger partial charge < -0.3 is 10.3 Å². The second-order valence-corrected chi connectivity index (χ2v) is 3.95. The Bertz CT molecular complexity index is 276. The lowest BCUT2D eigenvalue weighted by Crippen LogP contribution is -2.11. The van der Waals surface area contributed by atoms with Gasteiger partial charge >= 0.3 is 0 Å². The van der Waals surface area contributed by atoms with Crippen LogP contribution >= 0.6 is 0 Å². The second-order valence-electron chi connectivity index (χ2n) is 3.95. The van der Waals surface area contributed by atoms with Crippen molar-refractivity contribution in [1.82, 2.24) is 10.1 Å². The van der Waals surface area contributed by atoms with Crippen LogP contribution in [0.3, 0.4) is 0 Å². The molecule has 1 aromatic heterocycles. The lowest BCUT2D eigenvalue weighted by atomic mass is 9.83. The molecule has 0 saturated heterocycles. The van der Waals surface area contributed by atoms with Crippen LogP contribution in [0.5, 0.6) is 0 Å². The van der Waals surface area contributed by atoms with Crippen molar-refractivity contribution in [1.29, 1.82) is 0 Å². The van der Waals surface area contributed by atoms with Crippen LogP contribution in [0.1, 0.15) is 44.4 Å². The molecular formula is C9H15N3O. The Morgan fingerprint density at radius 2 is 2.00 bits per heavy atom. The standard InChI is InChI=1S/C9H15N3O/c1-6-2-4-7(5-3-6)8-11-9(10)12-13-8/h6-7H,2-5H2,1H3,(H2,10,12). The molecule has 13 heavy (non-hydrogen) atoms. The minimum Gasteiger partial charge on any atom is -0.365 e. The summed E-state index contributed by atoms with van der Waals surface area (Å²) in [6.45, 7) is 2.29. The molecule has 4 nitrogen and oxygen atoms in total. The molecule has 0 unspecified atom stereocenters. The number of rotatable bonds is 1. The molecule has 2 rings (SSSR count). The van der Waals surface area contributed by atoms with E-state index in [1.54, 1.807) is 0 Å². The van der Waals surface area contributed by atoms with E-state index in [1.165, 1.54) is 12.8 Å². The normalized spacial score (nSPS) is 29.0. The van der Waals surface area contributed by atoms with Gasteiger partial charge in [-0.15, -0.1) is 0 Å². The molecule has 1 saturated carbocycles. The summed E-state index contributed by atoms with van der Waals surface area (Å²) in [5.74, 6) is 2.27. The summed E-state index contributed by atoms with van der Waals surface area (Å²) in [5, 5.41) is 3.60. The van der Waals surface area contributed by atoms with Crippen molar-refractivity contribution >= 4 is 5.95 Å². The molecule has 1 aromatic rings. The third-order valence-electron chi connectivity index (χ3n) is 2.82. The fourth-order valence-electron chi connectivity index (χ4n) is 1.92. The minimum absolute atomic E-state index is 0.258. The van der Waals surface area contributed by atoms with E-state index >= 15 is 0 Å². The van der Waals surface area contributed by atoms with Gasteiger partial charge in [0, 0.05) is 5.92 Å². The summed E-state index contributed by atoms with van der Waals surface area (Å²) < 4.78 is 5.05. The van der Waals surface area contributed by atoms with E-state index in [1.807, 2.05) is 0 Å². The molecule has 0 aromatic carbocycles. The molecular weight excluding hydrogens is 166 g/mol. The third-order valence-corrected chi connectivity index (χ3v) is 2.82. The van der Waals surface area contributed by atoms with Gasteiger partial charge in [-0.1, -0.05) is 6.92 Å². The van der Waals surface area contributed by atoms with Gasteiger partial charge in [0.15, 0.2) is 0 Å². The van der Waals surface area contributed by atoms with Crippen LogP contribution in [0, 0.1) is 5.92 Å². The summed E-state index contributed by atoms with van der Waals surface area (Å²) in [6, 6.07) is 0. The first-order valence-corrected chi connectivity index (χ1v) is 4.85. The summed E-state index contributed by atoms with van der Waals surface area (Å²) in [4.78, 5) is 4.06. The fraction of sp³-hybridized carbons (Fsp3) is 0.778. The van der Waals surface area contributed by atoms with E-state index in [0.29, 0.717) is 5.92 Å². The van der Waals surface area contributed by atoms with Crippen LogP contribution in [0.2, 0.25) is 0 Å². The average Bonchev–Trinajstić information content (AvgIpc) is 2.53. The van der Waals surface area contributed by atoms with Crippen molar-refractivity contribution < 1.29 is 4.52 Å². The highest BCUT2D eigenvalue weighted by molar-refractivity contribution is 5.12. The van der Waals surface area contributed by atoms with Gasteiger partial charge in [0.1, 0.15) is 0 Å². The lowest BCUT2D eigenvalue weighted by molar-refractivity contribution is 0.281. The van der Waals surface area contributed by atoms with Gasteiger partial charge in [0.2, 0.25) is 5.89 Å². The van der Waals surface area contributed by atoms with E-state index in [-0.39, 0.29) is 5.95 Å². The van der Waals surface area contributed by atoms with E-state index in [9.17, 15) is 0 Å². The zero-order valence-electron chi connectivity index (χ0n) is 7.86. The molecule has 1 heterocycles. The summed E-state index contributed by atoms with van der Waals surface area (Å²) >= 11 is 0. The van der Waals surface area contributed by atoms with Gasteiger partial charge in [-0.25, -0.2) is 0 Å². The number of aromatic nitrogens is 2. The maximum atomic E-state index is 5.40. The highest BCUT2D eigenvalue weighted by Gasteiger charge is 2.23. The van der Waals surface area contributed by atoms with Crippen molar-refractivity contribution in [2.75, 3.05) is 5.73 Å². The van der Waals surface area contributed by atoms with Gasteiger partial charge in [-0.3, -0.25) is 0 Å². The first-order valence-electron chi connectivity index (χ1n) is 4.85. The van der Waals surface area contributed by atoms with Gasteiger partial charge in [0.05, 0.1) is 0 Å². The first kappa shape index (κ1) is 8.53. The fourth-order valence-corrected chi connectivity index (χ4v) is 1.92. The molecule has 1 aliphatic carbocycles. The van der Waals surface area contributed by atoms with Crippen LogP contribution in [0.15, 0.2) is 4.52 Å². The Morgan fingerprint density at radius 1 is 1.31 bits per heavy atom. The predicted molar refractivity (Wildman–Crippen MR) is 49.1 cm³/mol.